The molecule has 6 heteroatoms. The van der Waals surface area contributed by atoms with Crippen molar-refractivity contribution in [2.45, 2.75) is 38.6 Å². The third-order valence-electron chi connectivity index (χ3n) is 2.94. The highest BCUT2D eigenvalue weighted by atomic mass is 35.5. The van der Waals surface area contributed by atoms with Crippen LogP contribution >= 0.6 is 11.6 Å². The summed E-state index contributed by atoms with van der Waals surface area (Å²) in [7, 11) is 0. The van der Waals surface area contributed by atoms with Gasteiger partial charge in [-0.2, -0.15) is 0 Å². The molecule has 0 saturated heterocycles. The number of anilines is 1. The summed E-state index contributed by atoms with van der Waals surface area (Å²) in [5.41, 5.74) is 6.39. The molecule has 0 radical (unpaired) electrons. The van der Waals surface area contributed by atoms with Gasteiger partial charge in [-0.15, -0.1) is 0 Å². The molecule has 0 saturated carbocycles. The van der Waals surface area contributed by atoms with Gasteiger partial charge in [0.25, 0.3) is 0 Å². The molecule has 1 aromatic carbocycles. The van der Waals surface area contributed by atoms with Crippen LogP contribution in [0.5, 0.6) is 0 Å². The molecule has 21 heavy (non-hydrogen) atoms. The number of amides is 2. The number of hydrogen-bond donors (Lipinski definition) is 3. The summed E-state index contributed by atoms with van der Waals surface area (Å²) in [6.07, 6.45) is 2.46. The minimum Gasteiger partial charge on any atom is -0.355 e. The topological polar surface area (TPSA) is 84.2 Å². The molecule has 1 unspecified atom stereocenters. The van der Waals surface area contributed by atoms with E-state index in [-0.39, 0.29) is 11.8 Å². The maximum absolute atomic E-state index is 11.7. The van der Waals surface area contributed by atoms with Gasteiger partial charge in [-0.25, -0.2) is 0 Å². The first kappa shape index (κ1) is 17.5. The largest absolute Gasteiger partial charge is 0.355 e. The lowest BCUT2D eigenvalue weighted by atomic mass is 10.1. The van der Waals surface area contributed by atoms with Gasteiger partial charge in [-0.3, -0.25) is 9.59 Å². The lowest BCUT2D eigenvalue weighted by Crippen LogP contribution is -2.40. The number of carbonyl (C=O) groups is 2. The zero-order valence-electron chi connectivity index (χ0n) is 12.2. The van der Waals surface area contributed by atoms with Crippen LogP contribution in [0, 0.1) is 0 Å². The summed E-state index contributed by atoms with van der Waals surface area (Å²) in [5, 5.41) is 6.12. The highest BCUT2D eigenvalue weighted by Crippen LogP contribution is 2.13. The first-order valence-electron chi connectivity index (χ1n) is 7.11. The number of rotatable bonds is 8. The molecule has 1 aromatic rings. The van der Waals surface area contributed by atoms with Crippen molar-refractivity contribution in [1.82, 2.24) is 5.32 Å². The second-order valence-corrected chi connectivity index (χ2v) is 5.28. The van der Waals surface area contributed by atoms with E-state index in [0.717, 1.165) is 6.42 Å². The summed E-state index contributed by atoms with van der Waals surface area (Å²) in [6.45, 7) is 2.43. The van der Waals surface area contributed by atoms with E-state index in [2.05, 4.69) is 10.6 Å². The summed E-state index contributed by atoms with van der Waals surface area (Å²) in [4.78, 5) is 23.2. The number of hydrogen-bond acceptors (Lipinski definition) is 3. The summed E-state index contributed by atoms with van der Waals surface area (Å²) >= 11 is 5.77. The van der Waals surface area contributed by atoms with Gasteiger partial charge in [0, 0.05) is 23.7 Å². The van der Waals surface area contributed by atoms with Crippen molar-refractivity contribution < 1.29 is 9.59 Å². The SMILES string of the molecule is CCCC(N)C(=O)NCCCC(=O)Nc1ccc(Cl)cc1. The van der Waals surface area contributed by atoms with Crippen LogP contribution in [-0.2, 0) is 9.59 Å². The van der Waals surface area contributed by atoms with Gasteiger partial charge in [0.1, 0.15) is 0 Å². The molecule has 0 aliphatic carbocycles. The van der Waals surface area contributed by atoms with E-state index in [0.29, 0.717) is 36.5 Å². The van der Waals surface area contributed by atoms with Crippen molar-refractivity contribution in [3.05, 3.63) is 29.3 Å². The minimum atomic E-state index is -0.460. The molecule has 4 N–H and O–H groups in total. The Kier molecular flexibility index (Phi) is 7.79. The van der Waals surface area contributed by atoms with Gasteiger partial charge in [0.05, 0.1) is 6.04 Å². The van der Waals surface area contributed by atoms with Crippen molar-refractivity contribution >= 4 is 29.1 Å². The Bertz CT molecular complexity index is 462. The molecule has 0 aliphatic rings. The Balaban J connectivity index is 2.19. The van der Waals surface area contributed by atoms with Crippen LogP contribution in [0.3, 0.4) is 0 Å². The highest BCUT2D eigenvalue weighted by Gasteiger charge is 2.11. The average Bonchev–Trinajstić information content (AvgIpc) is 2.46. The lowest BCUT2D eigenvalue weighted by molar-refractivity contribution is -0.122. The number of benzene rings is 1. The minimum absolute atomic E-state index is 0.0931. The summed E-state index contributed by atoms with van der Waals surface area (Å²) in [5.74, 6) is -0.251. The van der Waals surface area contributed by atoms with Crippen LogP contribution in [0.2, 0.25) is 5.02 Å². The quantitative estimate of drug-likeness (QED) is 0.644. The molecule has 0 aromatic heterocycles. The summed E-state index contributed by atoms with van der Waals surface area (Å²) < 4.78 is 0. The van der Waals surface area contributed by atoms with Gasteiger partial charge in [0.2, 0.25) is 11.8 Å². The Morgan fingerprint density at radius 2 is 1.95 bits per heavy atom. The second kappa shape index (κ2) is 9.37. The molecule has 1 rings (SSSR count). The van der Waals surface area contributed by atoms with E-state index in [1.165, 1.54) is 0 Å². The van der Waals surface area contributed by atoms with Crippen LogP contribution in [0.1, 0.15) is 32.6 Å². The molecular weight excluding hydrogens is 290 g/mol. The highest BCUT2D eigenvalue weighted by molar-refractivity contribution is 6.30. The summed E-state index contributed by atoms with van der Waals surface area (Å²) in [6, 6.07) is 6.45. The first-order valence-corrected chi connectivity index (χ1v) is 7.49. The smallest absolute Gasteiger partial charge is 0.236 e. The number of carbonyl (C=O) groups excluding carboxylic acids is 2. The van der Waals surface area contributed by atoms with Crippen molar-refractivity contribution in [1.29, 1.82) is 0 Å². The third kappa shape index (κ3) is 7.11. The van der Waals surface area contributed by atoms with Crippen molar-refractivity contribution in [2.75, 3.05) is 11.9 Å². The fraction of sp³-hybridized carbons (Fsp3) is 0.467. The normalized spacial score (nSPS) is 11.8. The van der Waals surface area contributed by atoms with Crippen LogP contribution in [0.4, 0.5) is 5.69 Å². The monoisotopic (exact) mass is 311 g/mol. The molecule has 0 fully saturated rings. The van der Waals surface area contributed by atoms with E-state index in [9.17, 15) is 9.59 Å². The molecule has 2 amide bonds. The number of nitrogens with one attached hydrogen (secondary N) is 2. The maximum Gasteiger partial charge on any atom is 0.236 e. The second-order valence-electron chi connectivity index (χ2n) is 4.84. The Hall–Kier alpha value is -1.59. The zero-order valence-corrected chi connectivity index (χ0v) is 13.0. The van der Waals surface area contributed by atoms with Gasteiger partial charge >= 0.3 is 0 Å². The molecule has 116 valence electrons. The molecule has 5 nitrogen and oxygen atoms in total. The predicted molar refractivity (Wildman–Crippen MR) is 85.2 cm³/mol. The lowest BCUT2D eigenvalue weighted by Gasteiger charge is -2.11. The molecular formula is C15H22ClN3O2. The standard InChI is InChI=1S/C15H22ClN3O2/c1-2-4-13(17)15(21)18-10-3-5-14(20)19-12-8-6-11(16)7-9-12/h6-9,13H,2-5,10,17H2,1H3,(H,18,21)(H,19,20). The van der Waals surface area contributed by atoms with E-state index in [1.807, 2.05) is 6.92 Å². The predicted octanol–water partition coefficient (Wildman–Crippen LogP) is 2.30. The fourth-order valence-corrected chi connectivity index (χ4v) is 1.92. The van der Waals surface area contributed by atoms with Crippen molar-refractivity contribution in [2.24, 2.45) is 5.73 Å². The van der Waals surface area contributed by atoms with Gasteiger partial charge in [0.15, 0.2) is 0 Å². The van der Waals surface area contributed by atoms with Crippen LogP contribution in [0.25, 0.3) is 0 Å². The maximum atomic E-state index is 11.7. The number of halogens is 1. The van der Waals surface area contributed by atoms with E-state index >= 15 is 0 Å². The number of nitrogens with two attached hydrogens (primary N) is 1. The van der Waals surface area contributed by atoms with E-state index < -0.39 is 6.04 Å². The first-order chi connectivity index (χ1) is 10.0. The van der Waals surface area contributed by atoms with Crippen molar-refractivity contribution in [3.8, 4) is 0 Å². The van der Waals surface area contributed by atoms with Gasteiger partial charge < -0.3 is 16.4 Å². The van der Waals surface area contributed by atoms with Crippen LogP contribution < -0.4 is 16.4 Å². The van der Waals surface area contributed by atoms with Crippen molar-refractivity contribution in [3.63, 3.8) is 0 Å². The van der Waals surface area contributed by atoms with Crippen LogP contribution in [0.15, 0.2) is 24.3 Å². The molecule has 0 spiro atoms. The molecule has 0 heterocycles. The Labute approximate surface area is 130 Å². The van der Waals surface area contributed by atoms with E-state index in [4.69, 9.17) is 17.3 Å². The molecule has 0 bridgehead atoms. The Morgan fingerprint density at radius 1 is 1.29 bits per heavy atom. The van der Waals surface area contributed by atoms with E-state index in [1.54, 1.807) is 24.3 Å². The average molecular weight is 312 g/mol. The fourth-order valence-electron chi connectivity index (χ4n) is 1.79. The third-order valence-corrected chi connectivity index (χ3v) is 3.20. The van der Waals surface area contributed by atoms with Gasteiger partial charge in [-0.1, -0.05) is 24.9 Å². The molecule has 0 aliphatic heterocycles. The van der Waals surface area contributed by atoms with Gasteiger partial charge in [-0.05, 0) is 37.1 Å². The zero-order chi connectivity index (χ0) is 15.7. The van der Waals surface area contributed by atoms with Crippen LogP contribution in [-0.4, -0.2) is 24.4 Å². The Morgan fingerprint density at radius 3 is 2.57 bits per heavy atom. The molecule has 1 atom stereocenters.